The van der Waals surface area contributed by atoms with Crippen LogP contribution in [0.5, 0.6) is 0 Å². The highest BCUT2D eigenvalue weighted by molar-refractivity contribution is 5.84. The number of ether oxygens (including phenoxy) is 1. The summed E-state index contributed by atoms with van der Waals surface area (Å²) in [5.41, 5.74) is 6.75. The molecule has 2 heterocycles. The third-order valence-electron chi connectivity index (χ3n) is 5.95. The van der Waals surface area contributed by atoms with Crippen LogP contribution in [0.1, 0.15) is 55.3 Å². The van der Waals surface area contributed by atoms with E-state index in [-0.39, 0.29) is 17.9 Å². The van der Waals surface area contributed by atoms with E-state index in [1.165, 1.54) is 11.1 Å². The first-order chi connectivity index (χ1) is 15.2. The third-order valence-corrected chi connectivity index (χ3v) is 5.95. The number of hydrogen-bond acceptors (Lipinski definition) is 4. The largest absolute Gasteiger partial charge is 0.464 e. The maximum atomic E-state index is 12.6. The fourth-order valence-corrected chi connectivity index (χ4v) is 4.33. The molecule has 0 radical (unpaired) electrons. The van der Waals surface area contributed by atoms with Crippen LogP contribution in [0.25, 0.3) is 11.1 Å². The SMILES string of the molecule is CCOC(=O)C1CCCCC(c2ccc(C)cn2)c2cccc(c2)-c2ccccc2N1. The topological polar surface area (TPSA) is 51.2 Å². The van der Waals surface area contributed by atoms with Gasteiger partial charge < -0.3 is 10.1 Å². The summed E-state index contributed by atoms with van der Waals surface area (Å²) in [5, 5.41) is 3.47. The van der Waals surface area contributed by atoms with E-state index in [9.17, 15) is 4.79 Å². The van der Waals surface area contributed by atoms with Gasteiger partial charge in [0.1, 0.15) is 6.04 Å². The van der Waals surface area contributed by atoms with E-state index < -0.39 is 0 Å². The lowest BCUT2D eigenvalue weighted by Gasteiger charge is -2.23. The van der Waals surface area contributed by atoms with Crippen LogP contribution in [0.3, 0.4) is 0 Å². The standard InChI is InChI=1S/C27H30N2O2/c1-3-31-27(30)26-14-7-5-11-22(24-16-15-19(2)18-28-24)20-9-8-10-21(17-20)23-12-4-6-13-25(23)29-26/h4,6,8-10,12-13,15-18,22,26,29H,3,5,7,11,14H2,1-2H3. The van der Waals surface area contributed by atoms with Gasteiger partial charge in [-0.2, -0.15) is 0 Å². The first kappa shape index (κ1) is 21.1. The number of para-hydroxylation sites is 1. The highest BCUT2D eigenvalue weighted by Gasteiger charge is 2.23. The van der Waals surface area contributed by atoms with Crippen LogP contribution in [0, 0.1) is 6.92 Å². The molecule has 160 valence electrons. The van der Waals surface area contributed by atoms with E-state index >= 15 is 0 Å². The zero-order valence-corrected chi connectivity index (χ0v) is 18.3. The molecule has 2 unspecified atom stereocenters. The van der Waals surface area contributed by atoms with Crippen molar-refractivity contribution < 1.29 is 9.53 Å². The van der Waals surface area contributed by atoms with E-state index in [1.54, 1.807) is 0 Å². The van der Waals surface area contributed by atoms with Crippen molar-refractivity contribution in [1.82, 2.24) is 4.98 Å². The molecule has 1 N–H and O–H groups in total. The van der Waals surface area contributed by atoms with Crippen molar-refractivity contribution in [1.29, 1.82) is 0 Å². The Bertz CT molecular complexity index is 1030. The number of carbonyl (C=O) groups excluding carboxylic acids is 1. The van der Waals surface area contributed by atoms with Crippen LogP contribution in [0.2, 0.25) is 0 Å². The first-order valence-corrected chi connectivity index (χ1v) is 11.2. The van der Waals surface area contributed by atoms with Crippen LogP contribution in [0.4, 0.5) is 5.69 Å². The summed E-state index contributed by atoms with van der Waals surface area (Å²) in [6, 6.07) is 20.9. The third kappa shape index (κ3) is 4.96. The molecular formula is C27H30N2O2. The average molecular weight is 415 g/mol. The molecule has 4 nitrogen and oxygen atoms in total. The molecule has 31 heavy (non-hydrogen) atoms. The molecule has 1 aromatic heterocycles. The van der Waals surface area contributed by atoms with Crippen LogP contribution in [-0.2, 0) is 9.53 Å². The lowest BCUT2D eigenvalue weighted by Crippen LogP contribution is -2.31. The van der Waals surface area contributed by atoms with Crippen LogP contribution < -0.4 is 5.32 Å². The van der Waals surface area contributed by atoms with Crippen LogP contribution in [-0.4, -0.2) is 23.6 Å². The zero-order chi connectivity index (χ0) is 21.6. The molecule has 4 heteroatoms. The Morgan fingerprint density at radius 2 is 1.90 bits per heavy atom. The monoisotopic (exact) mass is 414 g/mol. The average Bonchev–Trinajstić information content (AvgIpc) is 2.79. The second kappa shape index (κ2) is 9.78. The minimum atomic E-state index is -0.348. The van der Waals surface area contributed by atoms with Gasteiger partial charge in [0.25, 0.3) is 0 Å². The lowest BCUT2D eigenvalue weighted by molar-refractivity contribution is -0.144. The Labute approximate surface area is 184 Å². The van der Waals surface area contributed by atoms with E-state index in [2.05, 4.69) is 54.7 Å². The van der Waals surface area contributed by atoms with Gasteiger partial charge in [-0.05, 0) is 55.5 Å². The first-order valence-electron chi connectivity index (χ1n) is 11.2. The number of esters is 1. The lowest BCUT2D eigenvalue weighted by atomic mass is 9.87. The maximum Gasteiger partial charge on any atom is 0.328 e. The highest BCUT2D eigenvalue weighted by Crippen LogP contribution is 2.35. The fourth-order valence-electron chi connectivity index (χ4n) is 4.33. The molecule has 2 bridgehead atoms. The summed E-state index contributed by atoms with van der Waals surface area (Å²) in [5.74, 6) is 0.0565. The van der Waals surface area contributed by atoms with Gasteiger partial charge in [-0.3, -0.25) is 4.98 Å². The number of hydrogen-bond donors (Lipinski definition) is 1. The van der Waals surface area contributed by atoms with Gasteiger partial charge in [0.05, 0.1) is 6.61 Å². The minimum Gasteiger partial charge on any atom is -0.464 e. The smallest absolute Gasteiger partial charge is 0.328 e. The van der Waals surface area contributed by atoms with E-state index in [0.717, 1.165) is 48.2 Å². The molecule has 1 aliphatic rings. The summed E-state index contributed by atoms with van der Waals surface area (Å²) in [6.45, 7) is 4.31. The van der Waals surface area contributed by atoms with Crippen molar-refractivity contribution in [2.45, 2.75) is 51.5 Å². The zero-order valence-electron chi connectivity index (χ0n) is 18.3. The summed E-state index contributed by atoms with van der Waals surface area (Å²) in [6.07, 6.45) is 5.65. The molecule has 0 saturated carbocycles. The normalized spacial score (nSPS) is 18.6. The summed E-state index contributed by atoms with van der Waals surface area (Å²) in [4.78, 5) is 17.4. The van der Waals surface area contributed by atoms with E-state index in [4.69, 9.17) is 9.72 Å². The van der Waals surface area contributed by atoms with Gasteiger partial charge in [-0.15, -0.1) is 0 Å². The molecule has 1 aliphatic heterocycles. The number of nitrogens with one attached hydrogen (secondary N) is 1. The van der Waals surface area contributed by atoms with Gasteiger partial charge in [0.2, 0.25) is 0 Å². The summed E-state index contributed by atoms with van der Waals surface area (Å²) in [7, 11) is 0. The summed E-state index contributed by atoms with van der Waals surface area (Å²) < 4.78 is 5.35. The molecule has 0 fully saturated rings. The number of carbonyl (C=O) groups is 1. The number of pyridine rings is 1. The fraction of sp³-hybridized carbons (Fsp3) is 0.333. The number of nitrogens with zero attached hydrogens (tertiary/aromatic N) is 1. The predicted octanol–water partition coefficient (Wildman–Crippen LogP) is 6.11. The minimum absolute atomic E-state index is 0.181. The van der Waals surface area contributed by atoms with E-state index in [1.807, 2.05) is 31.3 Å². The molecule has 2 atom stereocenters. The number of aromatic nitrogens is 1. The van der Waals surface area contributed by atoms with Crippen molar-refractivity contribution in [3.8, 4) is 11.1 Å². The van der Waals surface area contributed by atoms with Gasteiger partial charge in [-0.1, -0.05) is 61.4 Å². The Morgan fingerprint density at radius 3 is 2.71 bits per heavy atom. The van der Waals surface area contributed by atoms with Crippen molar-refractivity contribution >= 4 is 11.7 Å². The van der Waals surface area contributed by atoms with Crippen LogP contribution >= 0.6 is 0 Å². The van der Waals surface area contributed by atoms with Crippen molar-refractivity contribution in [3.05, 3.63) is 83.7 Å². The number of rotatable bonds is 3. The van der Waals surface area contributed by atoms with Gasteiger partial charge in [0.15, 0.2) is 0 Å². The Morgan fingerprint density at radius 1 is 1.06 bits per heavy atom. The second-order valence-electron chi connectivity index (χ2n) is 8.22. The molecule has 2 aromatic carbocycles. The Balaban J connectivity index is 1.76. The maximum absolute atomic E-state index is 12.6. The number of anilines is 1. The van der Waals surface area contributed by atoms with Crippen molar-refractivity contribution in [3.63, 3.8) is 0 Å². The molecule has 0 aliphatic carbocycles. The second-order valence-corrected chi connectivity index (χ2v) is 8.22. The Kier molecular flexibility index (Phi) is 6.66. The predicted molar refractivity (Wildman–Crippen MR) is 125 cm³/mol. The molecule has 0 spiro atoms. The van der Waals surface area contributed by atoms with Crippen molar-refractivity contribution in [2.75, 3.05) is 11.9 Å². The molecule has 0 amide bonds. The van der Waals surface area contributed by atoms with Crippen molar-refractivity contribution in [2.24, 2.45) is 0 Å². The molecule has 0 saturated heterocycles. The van der Waals surface area contributed by atoms with Gasteiger partial charge >= 0.3 is 5.97 Å². The number of aryl methyl sites for hydroxylation is 1. The number of benzene rings is 2. The van der Waals surface area contributed by atoms with E-state index in [0.29, 0.717) is 6.61 Å². The summed E-state index contributed by atoms with van der Waals surface area (Å²) >= 11 is 0. The quantitative estimate of drug-likeness (QED) is 0.526. The number of fused-ring (bicyclic) bond motifs is 4. The van der Waals surface area contributed by atoms with Gasteiger partial charge in [-0.25, -0.2) is 4.79 Å². The highest BCUT2D eigenvalue weighted by atomic mass is 16.5. The molecule has 3 aromatic rings. The Hall–Kier alpha value is -3.14. The molecular weight excluding hydrogens is 384 g/mol. The van der Waals surface area contributed by atoms with Crippen LogP contribution in [0.15, 0.2) is 66.9 Å². The van der Waals surface area contributed by atoms with Gasteiger partial charge in [0, 0.05) is 29.1 Å². The molecule has 4 rings (SSSR count).